The van der Waals surface area contributed by atoms with E-state index in [0.717, 1.165) is 18.7 Å². The molecule has 2 heterocycles. The summed E-state index contributed by atoms with van der Waals surface area (Å²) in [5.74, 6) is 0.979. The Morgan fingerprint density at radius 2 is 2.32 bits per heavy atom. The number of nitrogens with one attached hydrogen (secondary N) is 2. The van der Waals surface area contributed by atoms with Crippen LogP contribution in [-0.4, -0.2) is 22.4 Å². The molecule has 0 unspecified atom stereocenters. The Morgan fingerprint density at radius 3 is 3.00 bits per heavy atom. The molecule has 0 aliphatic heterocycles. The Balaban J connectivity index is 1.82. The second-order valence-electron chi connectivity index (χ2n) is 4.16. The lowest BCUT2D eigenvalue weighted by atomic mass is 10.3. The molecule has 0 spiro atoms. The van der Waals surface area contributed by atoms with Gasteiger partial charge in [0.15, 0.2) is 11.2 Å². The predicted octanol–water partition coefficient (Wildman–Crippen LogP) is 1.03. The fourth-order valence-electron chi connectivity index (χ4n) is 1.70. The highest BCUT2D eigenvalue weighted by molar-refractivity contribution is 5.91. The van der Waals surface area contributed by atoms with E-state index in [1.807, 2.05) is 0 Å². The van der Waals surface area contributed by atoms with E-state index < -0.39 is 0 Å². The Morgan fingerprint density at radius 1 is 1.47 bits per heavy atom. The summed E-state index contributed by atoms with van der Waals surface area (Å²) in [7, 11) is 0. The molecule has 2 rings (SSSR count). The highest BCUT2D eigenvalue weighted by Crippen LogP contribution is 2.00. The third-order valence-electron chi connectivity index (χ3n) is 2.54. The molecule has 0 atom stereocenters. The first-order chi connectivity index (χ1) is 9.15. The van der Waals surface area contributed by atoms with E-state index in [0.29, 0.717) is 12.3 Å². The summed E-state index contributed by atoms with van der Waals surface area (Å²) < 4.78 is 5.19. The number of hydrogen-bond donors (Lipinski definition) is 2. The molecule has 0 saturated carbocycles. The summed E-state index contributed by atoms with van der Waals surface area (Å²) >= 11 is 0. The fraction of sp³-hybridized carbons (Fsp3) is 0.308. The molecule has 19 heavy (non-hydrogen) atoms. The third-order valence-corrected chi connectivity index (χ3v) is 2.54. The molecule has 0 aliphatic rings. The van der Waals surface area contributed by atoms with Crippen LogP contribution in [0.15, 0.2) is 33.7 Å². The average Bonchev–Trinajstić information content (AvgIpc) is 2.86. The van der Waals surface area contributed by atoms with Gasteiger partial charge in [-0.1, -0.05) is 0 Å². The molecule has 0 fully saturated rings. The number of hydrogen-bond acceptors (Lipinski definition) is 4. The fourth-order valence-corrected chi connectivity index (χ4v) is 1.70. The number of aromatic amines is 1. The van der Waals surface area contributed by atoms with Gasteiger partial charge >= 0.3 is 0 Å². The Bertz CT molecular complexity index is 602. The van der Waals surface area contributed by atoms with Gasteiger partial charge in [-0.15, -0.1) is 0 Å². The van der Waals surface area contributed by atoms with Crippen LogP contribution in [-0.2, 0) is 6.42 Å². The molecule has 0 bridgehead atoms. The van der Waals surface area contributed by atoms with Crippen LogP contribution in [0, 0.1) is 6.92 Å². The van der Waals surface area contributed by atoms with Crippen LogP contribution < -0.4 is 10.7 Å². The van der Waals surface area contributed by atoms with Gasteiger partial charge in [0.2, 0.25) is 0 Å². The molecular weight excluding hydrogens is 246 g/mol. The monoisotopic (exact) mass is 261 g/mol. The van der Waals surface area contributed by atoms with E-state index in [2.05, 4.69) is 15.3 Å². The number of imidazole rings is 1. The summed E-state index contributed by atoms with van der Waals surface area (Å²) in [5, 5.41) is 2.70. The molecule has 6 nitrogen and oxygen atoms in total. The molecule has 2 N–H and O–H groups in total. The molecule has 0 aliphatic carbocycles. The number of carbonyl (C=O) groups excluding carboxylic acids is 1. The number of nitrogens with zero attached hydrogens (tertiary/aromatic N) is 1. The SMILES string of the molecule is Cc1cc(=O)cc(C(=O)NCCCc2ncc[nH]2)o1. The van der Waals surface area contributed by atoms with Gasteiger partial charge in [-0.2, -0.15) is 0 Å². The van der Waals surface area contributed by atoms with Crippen molar-refractivity contribution >= 4 is 5.91 Å². The van der Waals surface area contributed by atoms with Gasteiger partial charge < -0.3 is 14.7 Å². The van der Waals surface area contributed by atoms with Gasteiger partial charge in [-0.05, 0) is 13.3 Å². The molecule has 2 aromatic rings. The number of rotatable bonds is 5. The summed E-state index contributed by atoms with van der Waals surface area (Å²) in [6.07, 6.45) is 4.96. The van der Waals surface area contributed by atoms with E-state index >= 15 is 0 Å². The van der Waals surface area contributed by atoms with Crippen molar-refractivity contribution in [1.82, 2.24) is 15.3 Å². The standard InChI is InChI=1S/C13H15N3O3/c1-9-7-10(17)8-11(19-9)13(18)16-4-2-3-12-14-5-6-15-12/h5-8H,2-4H2,1H3,(H,14,15)(H,16,18). The molecule has 0 radical (unpaired) electrons. The van der Waals surface area contributed by atoms with Crippen LogP contribution >= 0.6 is 0 Å². The minimum absolute atomic E-state index is 0.0444. The van der Waals surface area contributed by atoms with Crippen molar-refractivity contribution in [2.75, 3.05) is 6.54 Å². The molecule has 0 aromatic carbocycles. The van der Waals surface area contributed by atoms with Crippen molar-refractivity contribution in [2.45, 2.75) is 19.8 Å². The zero-order valence-electron chi connectivity index (χ0n) is 10.6. The lowest BCUT2D eigenvalue weighted by molar-refractivity contribution is 0.0921. The van der Waals surface area contributed by atoms with Gasteiger partial charge in [-0.3, -0.25) is 9.59 Å². The Hall–Kier alpha value is -2.37. The average molecular weight is 261 g/mol. The maximum absolute atomic E-state index is 11.7. The van der Waals surface area contributed by atoms with E-state index in [9.17, 15) is 9.59 Å². The highest BCUT2D eigenvalue weighted by Gasteiger charge is 2.09. The lowest BCUT2D eigenvalue weighted by Gasteiger charge is -2.04. The topological polar surface area (TPSA) is 88.0 Å². The number of carbonyl (C=O) groups is 1. The largest absolute Gasteiger partial charge is 0.456 e. The van der Waals surface area contributed by atoms with Crippen LogP contribution in [0.25, 0.3) is 0 Å². The molecule has 100 valence electrons. The number of H-pyrrole nitrogens is 1. The highest BCUT2D eigenvalue weighted by atomic mass is 16.3. The summed E-state index contributed by atoms with van der Waals surface area (Å²) in [6, 6.07) is 2.53. The number of aryl methyl sites for hydroxylation is 2. The van der Waals surface area contributed by atoms with Crippen molar-refractivity contribution in [3.05, 3.63) is 52.1 Å². The smallest absolute Gasteiger partial charge is 0.287 e. The van der Waals surface area contributed by atoms with Crippen LogP contribution in [0.3, 0.4) is 0 Å². The first-order valence-corrected chi connectivity index (χ1v) is 6.03. The van der Waals surface area contributed by atoms with Crippen LogP contribution in [0.2, 0.25) is 0 Å². The van der Waals surface area contributed by atoms with E-state index in [-0.39, 0.29) is 17.1 Å². The van der Waals surface area contributed by atoms with Crippen molar-refractivity contribution in [3.63, 3.8) is 0 Å². The predicted molar refractivity (Wildman–Crippen MR) is 69.0 cm³/mol. The lowest BCUT2D eigenvalue weighted by Crippen LogP contribution is -2.25. The molecule has 2 aromatic heterocycles. The van der Waals surface area contributed by atoms with Crippen LogP contribution in [0.4, 0.5) is 0 Å². The van der Waals surface area contributed by atoms with Crippen molar-refractivity contribution < 1.29 is 9.21 Å². The van der Waals surface area contributed by atoms with Gasteiger partial charge in [0, 0.05) is 37.5 Å². The Labute approximate surface area is 109 Å². The maximum atomic E-state index is 11.7. The van der Waals surface area contributed by atoms with E-state index in [4.69, 9.17) is 4.42 Å². The molecule has 0 saturated heterocycles. The quantitative estimate of drug-likeness (QED) is 0.787. The van der Waals surface area contributed by atoms with Gasteiger partial charge in [-0.25, -0.2) is 4.98 Å². The minimum atomic E-state index is -0.375. The van der Waals surface area contributed by atoms with Gasteiger partial charge in [0.25, 0.3) is 5.91 Å². The normalized spacial score (nSPS) is 10.4. The second kappa shape index (κ2) is 5.99. The van der Waals surface area contributed by atoms with Crippen LogP contribution in [0.5, 0.6) is 0 Å². The van der Waals surface area contributed by atoms with Gasteiger partial charge in [0.1, 0.15) is 11.6 Å². The molecule has 6 heteroatoms. The van der Waals surface area contributed by atoms with Crippen LogP contribution in [0.1, 0.15) is 28.6 Å². The second-order valence-corrected chi connectivity index (χ2v) is 4.16. The third kappa shape index (κ3) is 3.80. The first kappa shape index (κ1) is 13.1. The maximum Gasteiger partial charge on any atom is 0.287 e. The van der Waals surface area contributed by atoms with E-state index in [1.54, 1.807) is 19.3 Å². The Kier molecular flexibility index (Phi) is 4.12. The zero-order valence-corrected chi connectivity index (χ0v) is 10.6. The summed E-state index contributed by atoms with van der Waals surface area (Å²) in [4.78, 5) is 30.1. The number of amides is 1. The van der Waals surface area contributed by atoms with Crippen molar-refractivity contribution in [2.24, 2.45) is 0 Å². The summed E-state index contributed by atoms with van der Waals surface area (Å²) in [5.41, 5.74) is -0.232. The number of aromatic nitrogens is 2. The van der Waals surface area contributed by atoms with E-state index in [1.165, 1.54) is 12.1 Å². The minimum Gasteiger partial charge on any atom is -0.456 e. The van der Waals surface area contributed by atoms with Crippen molar-refractivity contribution in [1.29, 1.82) is 0 Å². The van der Waals surface area contributed by atoms with Gasteiger partial charge in [0.05, 0.1) is 0 Å². The van der Waals surface area contributed by atoms with Crippen molar-refractivity contribution in [3.8, 4) is 0 Å². The zero-order chi connectivity index (χ0) is 13.7. The molecular formula is C13H15N3O3. The first-order valence-electron chi connectivity index (χ1n) is 6.03. The molecule has 1 amide bonds. The summed E-state index contributed by atoms with van der Waals surface area (Å²) in [6.45, 7) is 2.13.